The summed E-state index contributed by atoms with van der Waals surface area (Å²) in [6.07, 6.45) is 48.1. The van der Waals surface area contributed by atoms with Crippen molar-refractivity contribution in [2.75, 3.05) is 41.0 Å². The molecular weight excluding hydrogens is 715 g/mol. The topological polar surface area (TPSA) is 102 Å². The maximum absolute atomic E-state index is 12.7. The Kier molecular flexibility index (Phi) is 37.8. The largest absolute Gasteiger partial charge is 0.544 e. The Balaban J connectivity index is 4.32. The van der Waals surface area contributed by atoms with Crippen molar-refractivity contribution in [3.63, 3.8) is 0 Å². The van der Waals surface area contributed by atoms with Crippen LogP contribution >= 0.6 is 0 Å². The molecule has 2 atom stereocenters. The van der Waals surface area contributed by atoms with Gasteiger partial charge in [-0.3, -0.25) is 9.59 Å². The van der Waals surface area contributed by atoms with Gasteiger partial charge in [-0.05, 0) is 57.8 Å². The summed E-state index contributed by atoms with van der Waals surface area (Å²) >= 11 is 0. The quantitative estimate of drug-likeness (QED) is 0.0263. The number of aliphatic carboxylic acids is 1. The molecule has 8 heteroatoms. The van der Waals surface area contributed by atoms with Gasteiger partial charge in [-0.15, -0.1) is 0 Å². The molecule has 0 saturated heterocycles. The van der Waals surface area contributed by atoms with Crippen molar-refractivity contribution in [3.05, 3.63) is 60.8 Å². The fraction of sp³-hybridized carbons (Fsp3) is 0.735. The lowest BCUT2D eigenvalue weighted by Gasteiger charge is -2.34. The molecule has 328 valence electrons. The molecule has 0 saturated carbocycles. The Morgan fingerprint density at radius 3 is 1.46 bits per heavy atom. The fourth-order valence-corrected chi connectivity index (χ4v) is 6.39. The highest BCUT2D eigenvalue weighted by atomic mass is 16.6. The van der Waals surface area contributed by atoms with Gasteiger partial charge in [0.05, 0.1) is 40.3 Å². The first-order valence-corrected chi connectivity index (χ1v) is 22.8. The van der Waals surface area contributed by atoms with Crippen LogP contribution in [-0.4, -0.2) is 75.5 Å². The predicted octanol–water partition coefficient (Wildman–Crippen LogP) is 11.2. The molecule has 0 aromatic heterocycles. The van der Waals surface area contributed by atoms with E-state index < -0.39 is 18.1 Å². The second-order valence-corrected chi connectivity index (χ2v) is 16.3. The smallest absolute Gasteiger partial charge is 0.306 e. The minimum Gasteiger partial charge on any atom is -0.544 e. The number of carboxylic acid groups (broad SMARTS) is 1. The minimum absolute atomic E-state index is 0.0340. The molecule has 0 fully saturated rings. The molecule has 57 heavy (non-hydrogen) atoms. The maximum atomic E-state index is 12.7. The molecule has 0 radical (unpaired) electrons. The average Bonchev–Trinajstić information content (AvgIpc) is 3.17. The Morgan fingerprint density at radius 2 is 0.982 bits per heavy atom. The van der Waals surface area contributed by atoms with E-state index in [1.165, 1.54) is 64.2 Å². The van der Waals surface area contributed by atoms with E-state index in [1.807, 2.05) is 0 Å². The van der Waals surface area contributed by atoms with Gasteiger partial charge in [0.2, 0.25) is 0 Å². The number of carbonyl (C=O) groups is 3. The third-order valence-electron chi connectivity index (χ3n) is 9.92. The van der Waals surface area contributed by atoms with E-state index in [-0.39, 0.29) is 42.7 Å². The second-order valence-electron chi connectivity index (χ2n) is 16.3. The molecule has 8 nitrogen and oxygen atoms in total. The second kappa shape index (κ2) is 39.8. The van der Waals surface area contributed by atoms with E-state index >= 15 is 0 Å². The highest BCUT2D eigenvalue weighted by Gasteiger charge is 2.25. The van der Waals surface area contributed by atoms with Gasteiger partial charge in [-0.25, -0.2) is 0 Å². The summed E-state index contributed by atoms with van der Waals surface area (Å²) in [7, 11) is 5.40. The lowest BCUT2D eigenvalue weighted by molar-refractivity contribution is -0.889. The first kappa shape index (κ1) is 54.0. The van der Waals surface area contributed by atoms with E-state index in [1.54, 1.807) is 21.1 Å². The molecule has 0 aromatic carbocycles. The van der Waals surface area contributed by atoms with Crippen molar-refractivity contribution in [1.29, 1.82) is 0 Å². The summed E-state index contributed by atoms with van der Waals surface area (Å²) < 4.78 is 17.2. The Hall–Kier alpha value is -2.97. The van der Waals surface area contributed by atoms with Gasteiger partial charge >= 0.3 is 11.9 Å². The monoisotopic (exact) mass is 800 g/mol. The first-order valence-electron chi connectivity index (χ1n) is 22.8. The van der Waals surface area contributed by atoms with Gasteiger partial charge in [-0.2, -0.15) is 0 Å². The first-order chi connectivity index (χ1) is 27.6. The number of allylic oxidation sites excluding steroid dienone is 10. The standard InChI is InChI=1S/C49H85NO7/c1-6-8-10-12-14-16-18-19-20-21-22-23-24-25-26-27-28-30-32-34-36-38-40-48(52)57-45(43-55-42-41-46(49(53)54)50(3,4)5)44-56-47(51)39-37-35-33-31-29-17-15-13-11-9-7-2/h8,10,14,16,19-20,22-23,25-26,45-46H,6-7,9,11-13,15,17-18,21,24,27-44H2,1-5H3/b10-8+,16-14+,20-19+,23-22+,26-25+. The van der Waals surface area contributed by atoms with Crippen LogP contribution in [0.25, 0.3) is 0 Å². The maximum Gasteiger partial charge on any atom is 0.306 e. The molecule has 0 N–H and O–H groups in total. The zero-order chi connectivity index (χ0) is 42.1. The summed E-state index contributed by atoms with van der Waals surface area (Å²) in [4.78, 5) is 36.8. The molecule has 0 aromatic rings. The van der Waals surface area contributed by atoms with Gasteiger partial charge in [0.15, 0.2) is 6.10 Å². The lowest BCUT2D eigenvalue weighted by Crippen LogP contribution is -2.55. The van der Waals surface area contributed by atoms with E-state index in [2.05, 4.69) is 74.6 Å². The van der Waals surface area contributed by atoms with Crippen molar-refractivity contribution in [2.45, 2.75) is 193 Å². The number of carbonyl (C=O) groups excluding carboxylic acids is 3. The van der Waals surface area contributed by atoms with Crippen LogP contribution in [0.3, 0.4) is 0 Å². The summed E-state index contributed by atoms with van der Waals surface area (Å²) in [5.74, 6) is -1.76. The van der Waals surface area contributed by atoms with Gasteiger partial charge in [0.1, 0.15) is 12.6 Å². The number of rotatable bonds is 40. The Labute approximate surface area is 349 Å². The van der Waals surface area contributed by atoms with Crippen LogP contribution in [0.2, 0.25) is 0 Å². The van der Waals surface area contributed by atoms with Crippen LogP contribution in [0.4, 0.5) is 0 Å². The number of ether oxygens (including phenoxy) is 3. The predicted molar refractivity (Wildman–Crippen MR) is 236 cm³/mol. The van der Waals surface area contributed by atoms with E-state index in [0.717, 1.165) is 83.5 Å². The molecule has 0 amide bonds. The number of quaternary nitrogens is 1. The molecule has 0 bridgehead atoms. The molecule has 0 aliphatic rings. The van der Waals surface area contributed by atoms with Crippen molar-refractivity contribution in [1.82, 2.24) is 0 Å². The lowest BCUT2D eigenvalue weighted by atomic mass is 10.1. The van der Waals surface area contributed by atoms with Gasteiger partial charge in [-0.1, -0.05) is 164 Å². The van der Waals surface area contributed by atoms with Crippen molar-refractivity contribution >= 4 is 17.9 Å². The molecule has 2 unspecified atom stereocenters. The number of esters is 2. The number of hydrogen-bond donors (Lipinski definition) is 0. The van der Waals surface area contributed by atoms with Gasteiger partial charge < -0.3 is 28.6 Å². The van der Waals surface area contributed by atoms with Crippen molar-refractivity contribution in [2.24, 2.45) is 0 Å². The molecule has 0 heterocycles. The van der Waals surface area contributed by atoms with E-state index in [9.17, 15) is 19.5 Å². The molecular formula is C49H85NO7. The minimum atomic E-state index is -1.13. The van der Waals surface area contributed by atoms with Crippen LogP contribution in [0.15, 0.2) is 60.8 Å². The molecule has 0 rings (SSSR count). The van der Waals surface area contributed by atoms with Gasteiger partial charge in [0.25, 0.3) is 0 Å². The molecule has 0 spiro atoms. The summed E-state index contributed by atoms with van der Waals surface area (Å²) in [5.41, 5.74) is 0. The van der Waals surface area contributed by atoms with Crippen LogP contribution < -0.4 is 5.11 Å². The van der Waals surface area contributed by atoms with E-state index in [4.69, 9.17) is 14.2 Å². The SMILES string of the molecule is CC/C=C/C/C=C/C/C=C/C/C=C/C/C=C/CCCCCCCCC(=O)OC(COCCC(C(=O)[O-])[N+](C)(C)C)COC(=O)CCCCCCCCCCCCC. The number of carboxylic acids is 1. The Morgan fingerprint density at radius 1 is 0.544 bits per heavy atom. The average molecular weight is 800 g/mol. The summed E-state index contributed by atoms with van der Waals surface area (Å²) in [6, 6.07) is -0.729. The zero-order valence-corrected chi connectivity index (χ0v) is 37.2. The molecule has 0 aliphatic heterocycles. The normalized spacial score (nSPS) is 13.5. The van der Waals surface area contributed by atoms with Crippen molar-refractivity contribution in [3.8, 4) is 0 Å². The summed E-state index contributed by atoms with van der Waals surface area (Å²) in [5, 5.41) is 11.6. The fourth-order valence-electron chi connectivity index (χ4n) is 6.39. The number of nitrogens with zero attached hydrogens (tertiary/aromatic N) is 1. The third-order valence-corrected chi connectivity index (χ3v) is 9.92. The van der Waals surface area contributed by atoms with Crippen LogP contribution in [0.1, 0.15) is 181 Å². The van der Waals surface area contributed by atoms with E-state index in [0.29, 0.717) is 12.8 Å². The molecule has 0 aliphatic carbocycles. The number of unbranched alkanes of at least 4 members (excludes halogenated alkanes) is 16. The van der Waals surface area contributed by atoms with Crippen LogP contribution in [0, 0.1) is 0 Å². The van der Waals surface area contributed by atoms with Gasteiger partial charge in [0, 0.05) is 19.3 Å². The number of likely N-dealkylation sites (N-methyl/N-ethyl adjacent to an activating group) is 1. The van der Waals surface area contributed by atoms with Crippen LogP contribution in [-0.2, 0) is 28.6 Å². The highest BCUT2D eigenvalue weighted by Crippen LogP contribution is 2.14. The zero-order valence-electron chi connectivity index (χ0n) is 37.2. The Bertz CT molecular complexity index is 1120. The van der Waals surface area contributed by atoms with Crippen molar-refractivity contribution < 1.29 is 38.2 Å². The highest BCUT2D eigenvalue weighted by molar-refractivity contribution is 5.70. The third kappa shape index (κ3) is 38.3. The summed E-state index contributed by atoms with van der Waals surface area (Å²) in [6.45, 7) is 4.52. The van der Waals surface area contributed by atoms with Crippen LogP contribution in [0.5, 0.6) is 0 Å². The number of hydrogen-bond acceptors (Lipinski definition) is 7.